The van der Waals surface area contributed by atoms with Crippen LogP contribution in [0.1, 0.15) is 18.9 Å². The first-order chi connectivity index (χ1) is 12.0. The first-order valence-electron chi connectivity index (χ1n) is 7.97. The third-order valence-electron chi connectivity index (χ3n) is 3.86. The van der Waals surface area contributed by atoms with Crippen LogP contribution in [0.5, 0.6) is 11.5 Å². The number of carbonyl (C=O) groups excluding carboxylic acids is 2. The van der Waals surface area contributed by atoms with E-state index in [4.69, 9.17) is 4.74 Å². The van der Waals surface area contributed by atoms with Crippen LogP contribution in [0, 0.1) is 5.82 Å². The maximum absolute atomic E-state index is 12.9. The van der Waals surface area contributed by atoms with Crippen molar-refractivity contribution >= 4 is 22.8 Å². The van der Waals surface area contributed by atoms with Crippen molar-refractivity contribution < 1.29 is 18.7 Å². The number of carbonyl (C=O) groups is 2. The van der Waals surface area contributed by atoms with Gasteiger partial charge in [-0.25, -0.2) is 4.39 Å². The average Bonchev–Trinajstić information content (AvgIpc) is 2.90. The van der Waals surface area contributed by atoms with Crippen LogP contribution >= 0.6 is 11.8 Å². The topological polar surface area (TPSA) is 46.6 Å². The molecule has 1 heterocycles. The van der Waals surface area contributed by atoms with Crippen LogP contribution in [0.2, 0.25) is 0 Å². The fourth-order valence-electron chi connectivity index (χ4n) is 2.72. The molecular formula is C19H18FNO3S. The lowest BCUT2D eigenvalue weighted by Gasteiger charge is -2.16. The van der Waals surface area contributed by atoms with Crippen molar-refractivity contribution in [3.05, 3.63) is 59.9 Å². The van der Waals surface area contributed by atoms with Crippen molar-refractivity contribution in [3.63, 3.8) is 0 Å². The van der Waals surface area contributed by atoms with Crippen molar-refractivity contribution in [1.82, 2.24) is 4.90 Å². The Hall–Kier alpha value is -2.34. The molecule has 6 heteroatoms. The third-order valence-corrected chi connectivity index (χ3v) is 4.84. The summed E-state index contributed by atoms with van der Waals surface area (Å²) in [6.07, 6.45) is 0.413. The van der Waals surface area contributed by atoms with E-state index in [1.54, 1.807) is 17.0 Å². The van der Waals surface area contributed by atoms with E-state index in [9.17, 15) is 14.0 Å². The monoisotopic (exact) mass is 359 g/mol. The van der Waals surface area contributed by atoms with Crippen LogP contribution in [0.15, 0.2) is 48.5 Å². The predicted molar refractivity (Wildman–Crippen MR) is 95.0 cm³/mol. The Balaban J connectivity index is 1.58. The molecule has 0 aromatic heterocycles. The molecule has 1 fully saturated rings. The standard InChI is InChI=1S/C19H18FNO3S/c1-13(22)25-18-10-19(23)21(12-18)11-14-2-6-16(7-3-14)24-17-8-4-15(20)5-9-17/h2-9,18H,10-12H2,1H3/t18-/m0/s1. The molecule has 0 saturated carbocycles. The summed E-state index contributed by atoms with van der Waals surface area (Å²) in [5.74, 6) is 0.977. The highest BCUT2D eigenvalue weighted by molar-refractivity contribution is 8.14. The van der Waals surface area contributed by atoms with E-state index in [-0.39, 0.29) is 22.1 Å². The van der Waals surface area contributed by atoms with Crippen LogP contribution in [-0.4, -0.2) is 27.7 Å². The predicted octanol–water partition coefficient (Wildman–Crippen LogP) is 4.00. The number of hydrogen-bond acceptors (Lipinski definition) is 4. The largest absolute Gasteiger partial charge is 0.457 e. The molecule has 0 aliphatic carbocycles. The minimum atomic E-state index is -0.306. The Morgan fingerprint density at radius 2 is 1.76 bits per heavy atom. The Bertz CT molecular complexity index is 761. The van der Waals surface area contributed by atoms with Gasteiger partial charge in [-0.1, -0.05) is 23.9 Å². The number of benzene rings is 2. The molecule has 1 amide bonds. The van der Waals surface area contributed by atoms with Gasteiger partial charge in [-0.15, -0.1) is 0 Å². The van der Waals surface area contributed by atoms with Crippen molar-refractivity contribution in [3.8, 4) is 11.5 Å². The molecule has 0 bridgehead atoms. The molecule has 4 nitrogen and oxygen atoms in total. The maximum atomic E-state index is 12.9. The van der Waals surface area contributed by atoms with Crippen molar-refractivity contribution in [1.29, 1.82) is 0 Å². The number of thioether (sulfide) groups is 1. The van der Waals surface area contributed by atoms with Gasteiger partial charge in [-0.2, -0.15) is 0 Å². The molecule has 2 aromatic rings. The molecule has 1 aliphatic rings. The zero-order valence-electron chi connectivity index (χ0n) is 13.8. The lowest BCUT2D eigenvalue weighted by atomic mass is 10.2. The minimum absolute atomic E-state index is 0.0435. The number of halogens is 1. The maximum Gasteiger partial charge on any atom is 0.224 e. The molecule has 0 unspecified atom stereocenters. The average molecular weight is 359 g/mol. The Labute approximate surface area is 150 Å². The van der Waals surface area contributed by atoms with E-state index >= 15 is 0 Å². The summed E-state index contributed by atoms with van der Waals surface area (Å²) in [4.78, 5) is 25.0. The number of hydrogen-bond donors (Lipinski definition) is 0. The molecule has 130 valence electrons. The zero-order chi connectivity index (χ0) is 17.8. The van der Waals surface area contributed by atoms with Gasteiger partial charge < -0.3 is 9.64 Å². The summed E-state index contributed by atoms with van der Waals surface area (Å²) in [7, 11) is 0. The highest BCUT2D eigenvalue weighted by Crippen LogP contribution is 2.26. The van der Waals surface area contributed by atoms with E-state index < -0.39 is 0 Å². The number of amides is 1. The van der Waals surface area contributed by atoms with Crippen molar-refractivity contribution in [2.75, 3.05) is 6.54 Å². The highest BCUT2D eigenvalue weighted by atomic mass is 32.2. The summed E-state index contributed by atoms with van der Waals surface area (Å²) in [6, 6.07) is 13.3. The summed E-state index contributed by atoms with van der Waals surface area (Å²) in [5, 5.41) is 0.0908. The van der Waals surface area contributed by atoms with Gasteiger partial charge in [0.05, 0.1) is 0 Å². The van der Waals surface area contributed by atoms with Crippen LogP contribution in [0.25, 0.3) is 0 Å². The lowest BCUT2D eigenvalue weighted by Crippen LogP contribution is -2.24. The molecule has 0 radical (unpaired) electrons. The van der Waals surface area contributed by atoms with Crippen LogP contribution in [0.3, 0.4) is 0 Å². The number of rotatable bonds is 5. The second-order valence-corrected chi connectivity index (χ2v) is 7.39. The molecule has 3 rings (SSSR count). The smallest absolute Gasteiger partial charge is 0.224 e. The fraction of sp³-hybridized carbons (Fsp3) is 0.263. The zero-order valence-corrected chi connectivity index (χ0v) is 14.6. The number of ether oxygens (including phenoxy) is 1. The fourth-order valence-corrected chi connectivity index (χ4v) is 3.67. The van der Waals surface area contributed by atoms with Gasteiger partial charge >= 0.3 is 0 Å². The second-order valence-electron chi connectivity index (χ2n) is 5.91. The lowest BCUT2D eigenvalue weighted by molar-refractivity contribution is -0.128. The number of likely N-dealkylation sites (tertiary alicyclic amines) is 1. The first kappa shape index (κ1) is 17.5. The van der Waals surface area contributed by atoms with Gasteiger partial charge in [0.25, 0.3) is 0 Å². The molecular weight excluding hydrogens is 341 g/mol. The molecule has 25 heavy (non-hydrogen) atoms. The molecule has 0 N–H and O–H groups in total. The van der Waals surface area contributed by atoms with E-state index in [1.165, 1.54) is 30.8 Å². The normalized spacial score (nSPS) is 17.0. The molecule has 1 atom stereocenters. The third kappa shape index (κ3) is 4.82. The summed E-state index contributed by atoms with van der Waals surface area (Å²) >= 11 is 1.24. The van der Waals surface area contributed by atoms with Gasteiger partial charge in [0.2, 0.25) is 5.91 Å². The molecule has 0 spiro atoms. The minimum Gasteiger partial charge on any atom is -0.457 e. The van der Waals surface area contributed by atoms with E-state index in [0.717, 1.165) is 5.56 Å². The van der Waals surface area contributed by atoms with Crippen molar-refractivity contribution in [2.45, 2.75) is 25.1 Å². The Kier molecular flexibility index (Phi) is 5.38. The first-order valence-corrected chi connectivity index (χ1v) is 8.85. The molecule has 1 saturated heterocycles. The van der Waals surface area contributed by atoms with Crippen molar-refractivity contribution in [2.24, 2.45) is 0 Å². The second kappa shape index (κ2) is 7.70. The summed E-state index contributed by atoms with van der Waals surface area (Å²) in [5.41, 5.74) is 0.994. The molecule has 2 aromatic carbocycles. The van der Waals surface area contributed by atoms with Crippen LogP contribution in [0.4, 0.5) is 4.39 Å². The van der Waals surface area contributed by atoms with Crippen LogP contribution < -0.4 is 4.74 Å². The summed E-state index contributed by atoms with van der Waals surface area (Å²) < 4.78 is 18.5. The van der Waals surface area contributed by atoms with Crippen LogP contribution in [-0.2, 0) is 16.1 Å². The SMILES string of the molecule is CC(=O)S[C@H]1CC(=O)N(Cc2ccc(Oc3ccc(F)cc3)cc2)C1. The van der Waals surface area contributed by atoms with Gasteiger partial charge in [0.15, 0.2) is 5.12 Å². The highest BCUT2D eigenvalue weighted by Gasteiger charge is 2.30. The van der Waals surface area contributed by atoms with E-state index in [0.29, 0.717) is 31.0 Å². The number of nitrogens with zero attached hydrogens (tertiary/aromatic N) is 1. The van der Waals surface area contributed by atoms with Gasteiger partial charge in [-0.3, -0.25) is 9.59 Å². The van der Waals surface area contributed by atoms with E-state index in [1.807, 2.05) is 24.3 Å². The quantitative estimate of drug-likeness (QED) is 0.810. The van der Waals surface area contributed by atoms with Gasteiger partial charge in [-0.05, 0) is 42.0 Å². The van der Waals surface area contributed by atoms with E-state index in [2.05, 4.69) is 0 Å². The Morgan fingerprint density at radius 3 is 2.36 bits per heavy atom. The Morgan fingerprint density at radius 1 is 1.16 bits per heavy atom. The van der Waals surface area contributed by atoms with Gasteiger partial charge in [0, 0.05) is 31.7 Å². The summed E-state index contributed by atoms with van der Waals surface area (Å²) in [6.45, 7) is 2.64. The molecule has 1 aliphatic heterocycles. The van der Waals surface area contributed by atoms with Gasteiger partial charge in [0.1, 0.15) is 17.3 Å².